The fourth-order valence-electron chi connectivity index (χ4n) is 2.53. The summed E-state index contributed by atoms with van der Waals surface area (Å²) in [6.45, 7) is 0. The third-order valence-electron chi connectivity index (χ3n) is 3.80. The van der Waals surface area contributed by atoms with Crippen LogP contribution in [-0.4, -0.2) is 16.0 Å². The number of ketones is 1. The average Bonchev–Trinajstić information content (AvgIpc) is 2.53. The lowest BCUT2D eigenvalue weighted by molar-refractivity contribution is 0.0979. The molecule has 0 saturated carbocycles. The van der Waals surface area contributed by atoms with Gasteiger partial charge in [-0.1, -0.05) is 49.2 Å². The minimum absolute atomic E-state index is 0.152. The average molecular weight is 298 g/mol. The molecule has 0 saturated heterocycles. The lowest BCUT2D eigenvalue weighted by Crippen LogP contribution is -1.98. The largest absolute Gasteiger partial charge is 0.508 e. The predicted molar refractivity (Wildman–Crippen MR) is 87.3 cm³/mol. The first-order valence-corrected chi connectivity index (χ1v) is 7.76. The number of benzene rings is 2. The Bertz CT molecular complexity index is 585. The van der Waals surface area contributed by atoms with Crippen LogP contribution in [0.3, 0.4) is 0 Å². The van der Waals surface area contributed by atoms with E-state index in [0.29, 0.717) is 18.4 Å². The molecule has 2 aromatic carbocycles. The molecule has 3 nitrogen and oxygen atoms in total. The molecule has 0 aliphatic heterocycles. The maximum Gasteiger partial charge on any atom is 0.162 e. The van der Waals surface area contributed by atoms with Crippen LogP contribution in [0.2, 0.25) is 0 Å². The van der Waals surface area contributed by atoms with Crippen molar-refractivity contribution in [2.75, 3.05) is 0 Å². The van der Waals surface area contributed by atoms with Crippen LogP contribution < -0.4 is 0 Å². The third-order valence-corrected chi connectivity index (χ3v) is 3.80. The molecule has 2 rings (SSSR count). The molecule has 0 atom stereocenters. The van der Waals surface area contributed by atoms with Gasteiger partial charge in [-0.3, -0.25) is 4.79 Å². The summed E-state index contributed by atoms with van der Waals surface area (Å²) in [5, 5.41) is 19.4. The number of hydrogen-bond acceptors (Lipinski definition) is 3. The van der Waals surface area contributed by atoms with E-state index in [1.807, 2.05) is 30.3 Å². The van der Waals surface area contributed by atoms with Gasteiger partial charge in [-0.05, 0) is 31.4 Å². The van der Waals surface area contributed by atoms with Gasteiger partial charge < -0.3 is 10.2 Å². The minimum Gasteiger partial charge on any atom is -0.508 e. The number of phenols is 2. The van der Waals surface area contributed by atoms with E-state index >= 15 is 0 Å². The van der Waals surface area contributed by atoms with E-state index in [1.54, 1.807) is 18.2 Å². The fourth-order valence-corrected chi connectivity index (χ4v) is 2.53. The van der Waals surface area contributed by atoms with Gasteiger partial charge >= 0.3 is 0 Å². The SMILES string of the molecule is O=C(CCCCCCc1c(O)cccc1O)c1ccccc1. The molecule has 0 aliphatic carbocycles. The number of Topliss-reactive ketones (excluding diaryl/α,β-unsaturated/α-hetero) is 1. The number of hydrogen-bond donors (Lipinski definition) is 2. The van der Waals surface area contributed by atoms with Crippen LogP contribution in [0.4, 0.5) is 0 Å². The lowest BCUT2D eigenvalue weighted by Gasteiger charge is -2.07. The molecule has 2 N–H and O–H groups in total. The van der Waals surface area contributed by atoms with Crippen LogP contribution in [0.5, 0.6) is 11.5 Å². The summed E-state index contributed by atoms with van der Waals surface area (Å²) in [6, 6.07) is 14.2. The predicted octanol–water partition coefficient (Wildman–Crippen LogP) is 4.47. The van der Waals surface area contributed by atoms with Gasteiger partial charge in [0, 0.05) is 17.5 Å². The molecular formula is C19H22O3. The summed E-state index contributed by atoms with van der Waals surface area (Å²) in [5.74, 6) is 0.498. The zero-order chi connectivity index (χ0) is 15.8. The van der Waals surface area contributed by atoms with Crippen molar-refractivity contribution in [1.82, 2.24) is 0 Å². The van der Waals surface area contributed by atoms with Crippen molar-refractivity contribution in [3.8, 4) is 11.5 Å². The Kier molecular flexibility index (Phi) is 6.01. The van der Waals surface area contributed by atoms with Crippen LogP contribution in [0.15, 0.2) is 48.5 Å². The molecular weight excluding hydrogens is 276 g/mol. The first kappa shape index (κ1) is 16.1. The monoisotopic (exact) mass is 298 g/mol. The van der Waals surface area contributed by atoms with Gasteiger partial charge in [0.05, 0.1) is 0 Å². The number of carbonyl (C=O) groups is 1. The highest BCUT2D eigenvalue weighted by Crippen LogP contribution is 2.28. The Morgan fingerprint density at radius 3 is 2.09 bits per heavy atom. The smallest absolute Gasteiger partial charge is 0.162 e. The second-order valence-corrected chi connectivity index (χ2v) is 5.48. The van der Waals surface area contributed by atoms with E-state index in [2.05, 4.69) is 0 Å². The van der Waals surface area contributed by atoms with E-state index in [0.717, 1.165) is 31.2 Å². The second kappa shape index (κ2) is 8.23. The second-order valence-electron chi connectivity index (χ2n) is 5.48. The Balaban J connectivity index is 1.65. The van der Waals surface area contributed by atoms with E-state index in [4.69, 9.17) is 0 Å². The standard InChI is InChI=1S/C19H22O3/c20-17(15-9-4-3-5-10-15)12-7-2-1-6-11-16-18(21)13-8-14-19(16)22/h3-5,8-10,13-14,21-22H,1-2,6-7,11-12H2. The topological polar surface area (TPSA) is 57.5 Å². The van der Waals surface area contributed by atoms with Gasteiger partial charge in [0.2, 0.25) is 0 Å². The third kappa shape index (κ3) is 4.62. The summed E-state index contributed by atoms with van der Waals surface area (Å²) in [4.78, 5) is 11.9. The molecule has 0 heterocycles. The van der Waals surface area contributed by atoms with Crippen molar-refractivity contribution < 1.29 is 15.0 Å². The molecule has 0 fully saturated rings. The van der Waals surface area contributed by atoms with Crippen LogP contribution in [-0.2, 0) is 6.42 Å². The van der Waals surface area contributed by atoms with Crippen molar-refractivity contribution in [3.63, 3.8) is 0 Å². The molecule has 116 valence electrons. The summed E-state index contributed by atoms with van der Waals surface area (Å²) in [7, 11) is 0. The molecule has 0 amide bonds. The van der Waals surface area contributed by atoms with Crippen molar-refractivity contribution in [1.29, 1.82) is 0 Å². The fraction of sp³-hybridized carbons (Fsp3) is 0.316. The first-order valence-electron chi connectivity index (χ1n) is 7.76. The molecule has 0 aliphatic rings. The zero-order valence-corrected chi connectivity index (χ0v) is 12.7. The van der Waals surface area contributed by atoms with Crippen molar-refractivity contribution in [3.05, 3.63) is 59.7 Å². The summed E-state index contributed by atoms with van der Waals surface area (Å²) in [6.07, 6.45) is 4.96. The Hall–Kier alpha value is -2.29. The van der Waals surface area contributed by atoms with Crippen molar-refractivity contribution in [2.24, 2.45) is 0 Å². The highest BCUT2D eigenvalue weighted by Gasteiger charge is 2.07. The molecule has 0 aromatic heterocycles. The molecule has 0 unspecified atom stereocenters. The van der Waals surface area contributed by atoms with E-state index in [9.17, 15) is 15.0 Å². The molecule has 0 radical (unpaired) electrons. The van der Waals surface area contributed by atoms with Crippen LogP contribution in [0.25, 0.3) is 0 Å². The first-order chi connectivity index (χ1) is 10.7. The van der Waals surface area contributed by atoms with Gasteiger partial charge in [-0.25, -0.2) is 0 Å². The summed E-state index contributed by atoms with van der Waals surface area (Å²) >= 11 is 0. The molecule has 22 heavy (non-hydrogen) atoms. The molecule has 0 spiro atoms. The lowest BCUT2D eigenvalue weighted by atomic mass is 10.0. The van der Waals surface area contributed by atoms with E-state index in [1.165, 1.54) is 0 Å². The molecule has 2 aromatic rings. The summed E-state index contributed by atoms with van der Waals surface area (Å²) < 4.78 is 0. The molecule has 0 bridgehead atoms. The number of phenolic OH excluding ortho intramolecular Hbond substituents is 2. The maximum absolute atomic E-state index is 11.9. The number of aromatic hydroxyl groups is 2. The Morgan fingerprint density at radius 1 is 0.773 bits per heavy atom. The number of carbonyl (C=O) groups excluding carboxylic acids is 1. The van der Waals surface area contributed by atoms with E-state index in [-0.39, 0.29) is 17.3 Å². The van der Waals surface area contributed by atoms with Crippen molar-refractivity contribution in [2.45, 2.75) is 38.5 Å². The number of unbranched alkanes of at least 4 members (excludes halogenated alkanes) is 3. The minimum atomic E-state index is 0.152. The van der Waals surface area contributed by atoms with Crippen LogP contribution in [0, 0.1) is 0 Å². The van der Waals surface area contributed by atoms with Gasteiger partial charge in [-0.15, -0.1) is 0 Å². The maximum atomic E-state index is 11.9. The van der Waals surface area contributed by atoms with Gasteiger partial charge in [0.25, 0.3) is 0 Å². The van der Waals surface area contributed by atoms with Crippen LogP contribution in [0.1, 0.15) is 48.0 Å². The van der Waals surface area contributed by atoms with Gasteiger partial charge in [0.1, 0.15) is 11.5 Å². The van der Waals surface area contributed by atoms with E-state index < -0.39 is 0 Å². The molecule has 3 heteroatoms. The van der Waals surface area contributed by atoms with Crippen molar-refractivity contribution >= 4 is 5.78 Å². The quantitative estimate of drug-likeness (QED) is 0.558. The highest BCUT2D eigenvalue weighted by atomic mass is 16.3. The van der Waals surface area contributed by atoms with Gasteiger partial charge in [-0.2, -0.15) is 0 Å². The zero-order valence-electron chi connectivity index (χ0n) is 12.7. The van der Waals surface area contributed by atoms with Gasteiger partial charge in [0.15, 0.2) is 5.78 Å². The number of rotatable bonds is 8. The Labute approximate surface area is 131 Å². The normalized spacial score (nSPS) is 10.5. The highest BCUT2D eigenvalue weighted by molar-refractivity contribution is 5.95. The Morgan fingerprint density at radius 2 is 1.41 bits per heavy atom. The van der Waals surface area contributed by atoms with Crippen LogP contribution >= 0.6 is 0 Å². The summed E-state index contributed by atoms with van der Waals surface area (Å²) in [5.41, 5.74) is 1.39.